The van der Waals surface area contributed by atoms with Gasteiger partial charge in [-0.2, -0.15) is 0 Å². The van der Waals surface area contributed by atoms with Gasteiger partial charge in [0.05, 0.1) is 13.2 Å². The quantitative estimate of drug-likeness (QED) is 0.774. The Labute approximate surface area is 168 Å². The molecule has 7 heteroatoms. The first-order chi connectivity index (χ1) is 13.4. The number of para-hydroxylation sites is 1. The third-order valence-electron chi connectivity index (χ3n) is 6.16. The van der Waals surface area contributed by atoms with Crippen LogP contribution in [-0.2, 0) is 19.9 Å². The highest BCUT2D eigenvalue weighted by molar-refractivity contribution is 6.30. The van der Waals surface area contributed by atoms with Gasteiger partial charge in [0, 0.05) is 22.8 Å². The van der Waals surface area contributed by atoms with E-state index in [9.17, 15) is 14.7 Å². The Bertz CT molecular complexity index is 948. The Balaban J connectivity index is 2.00. The highest BCUT2D eigenvalue weighted by Crippen LogP contribution is 2.62. The molecule has 1 spiro atoms. The summed E-state index contributed by atoms with van der Waals surface area (Å²) in [6.07, 6.45) is -0.999. The van der Waals surface area contributed by atoms with Gasteiger partial charge in [-0.3, -0.25) is 14.5 Å². The molecule has 0 aliphatic carbocycles. The van der Waals surface area contributed by atoms with Crippen LogP contribution in [0.15, 0.2) is 48.5 Å². The number of benzene rings is 2. The molecular formula is C21H21ClN2O4. The Morgan fingerprint density at radius 2 is 1.93 bits per heavy atom. The van der Waals surface area contributed by atoms with Crippen LogP contribution in [0, 0.1) is 5.41 Å². The molecule has 1 fully saturated rings. The standard InChI is InChI=1S/C21H21ClN2O4/c1-24-12-11-20(19(27)28-2,17(25)13-7-9-14(22)10-8-13)21(24)15-5-3-4-6-16(15)23-18(21)26/h3-10,17,25H,11-12H2,1-2H3,(H,23,26). The number of amides is 1. The zero-order valence-corrected chi connectivity index (χ0v) is 16.4. The second-order valence-corrected chi connectivity index (χ2v) is 7.74. The largest absolute Gasteiger partial charge is 0.468 e. The second-order valence-electron chi connectivity index (χ2n) is 7.30. The summed E-state index contributed by atoms with van der Waals surface area (Å²) in [5, 5.41) is 14.9. The number of halogens is 1. The molecule has 3 unspecified atom stereocenters. The van der Waals surface area contributed by atoms with Crippen LogP contribution in [0.3, 0.4) is 0 Å². The normalized spacial score (nSPS) is 27.5. The average Bonchev–Trinajstić information content (AvgIpc) is 3.18. The van der Waals surface area contributed by atoms with Crippen molar-refractivity contribution in [2.45, 2.75) is 18.1 Å². The van der Waals surface area contributed by atoms with Crippen LogP contribution in [0.1, 0.15) is 23.7 Å². The van der Waals surface area contributed by atoms with Crippen molar-refractivity contribution in [3.63, 3.8) is 0 Å². The molecule has 1 saturated heterocycles. The average molecular weight is 401 g/mol. The van der Waals surface area contributed by atoms with Crippen molar-refractivity contribution in [2.24, 2.45) is 5.41 Å². The van der Waals surface area contributed by atoms with E-state index in [1.165, 1.54) is 7.11 Å². The Morgan fingerprint density at radius 1 is 1.25 bits per heavy atom. The van der Waals surface area contributed by atoms with Crippen molar-refractivity contribution in [3.8, 4) is 0 Å². The summed E-state index contributed by atoms with van der Waals surface area (Å²) in [7, 11) is 3.07. The second kappa shape index (κ2) is 6.58. The third-order valence-corrected chi connectivity index (χ3v) is 6.41. The zero-order chi connectivity index (χ0) is 20.1. The maximum Gasteiger partial charge on any atom is 0.317 e. The smallest absolute Gasteiger partial charge is 0.317 e. The number of ether oxygens (including phenoxy) is 1. The number of carbonyl (C=O) groups excluding carboxylic acids is 2. The fraction of sp³-hybridized carbons (Fsp3) is 0.333. The van der Waals surface area contributed by atoms with Crippen LogP contribution in [0.5, 0.6) is 0 Å². The lowest BCUT2D eigenvalue weighted by molar-refractivity contribution is -0.175. The predicted molar refractivity (Wildman–Crippen MR) is 105 cm³/mol. The van der Waals surface area contributed by atoms with Crippen LogP contribution in [0.2, 0.25) is 5.02 Å². The van der Waals surface area contributed by atoms with Crippen molar-refractivity contribution in [1.29, 1.82) is 0 Å². The summed E-state index contributed by atoms with van der Waals surface area (Å²) < 4.78 is 5.17. The van der Waals surface area contributed by atoms with Crippen molar-refractivity contribution < 1.29 is 19.4 Å². The van der Waals surface area contributed by atoms with Crippen LogP contribution in [0.4, 0.5) is 5.69 Å². The number of anilines is 1. The number of nitrogens with one attached hydrogen (secondary N) is 1. The van der Waals surface area contributed by atoms with Gasteiger partial charge in [-0.05, 0) is 37.2 Å². The van der Waals surface area contributed by atoms with E-state index >= 15 is 0 Å². The summed E-state index contributed by atoms with van der Waals surface area (Å²) in [5.74, 6) is -0.960. The number of methoxy groups -OCH3 is 1. The molecule has 2 aromatic carbocycles. The van der Waals surface area contributed by atoms with E-state index < -0.39 is 23.0 Å². The summed E-state index contributed by atoms with van der Waals surface area (Å²) in [6, 6.07) is 13.9. The van der Waals surface area contributed by atoms with Crippen molar-refractivity contribution >= 4 is 29.2 Å². The lowest BCUT2D eigenvalue weighted by Gasteiger charge is -2.45. The van der Waals surface area contributed by atoms with Gasteiger partial charge >= 0.3 is 5.97 Å². The van der Waals surface area contributed by atoms with Gasteiger partial charge in [0.2, 0.25) is 0 Å². The number of hydrogen-bond donors (Lipinski definition) is 2. The van der Waals surface area contributed by atoms with E-state index in [1.54, 1.807) is 37.4 Å². The van der Waals surface area contributed by atoms with Gasteiger partial charge in [0.15, 0.2) is 0 Å². The van der Waals surface area contributed by atoms with Crippen molar-refractivity contribution in [1.82, 2.24) is 4.90 Å². The molecule has 146 valence electrons. The molecule has 0 aromatic heterocycles. The number of rotatable bonds is 3. The predicted octanol–water partition coefficient (Wildman–Crippen LogP) is 2.72. The number of hydrogen-bond acceptors (Lipinski definition) is 5. The van der Waals surface area contributed by atoms with Crippen LogP contribution in [-0.4, -0.2) is 42.6 Å². The maximum atomic E-state index is 13.4. The molecule has 0 saturated carbocycles. The van der Waals surface area contributed by atoms with Gasteiger partial charge in [-0.1, -0.05) is 41.9 Å². The molecular weight excluding hydrogens is 380 g/mol. The summed E-state index contributed by atoms with van der Waals surface area (Å²) in [6.45, 7) is 0.446. The number of esters is 1. The van der Waals surface area contributed by atoms with Gasteiger partial charge in [0.1, 0.15) is 11.0 Å². The first-order valence-corrected chi connectivity index (χ1v) is 9.41. The molecule has 2 aromatic rings. The molecule has 0 bridgehead atoms. The van der Waals surface area contributed by atoms with Gasteiger partial charge < -0.3 is 15.2 Å². The number of carbonyl (C=O) groups is 2. The summed E-state index contributed by atoms with van der Waals surface area (Å²) in [5.41, 5.74) is -1.09. The minimum Gasteiger partial charge on any atom is -0.468 e. The van der Waals surface area contributed by atoms with Crippen LogP contribution in [0.25, 0.3) is 0 Å². The van der Waals surface area contributed by atoms with Gasteiger partial charge in [-0.15, -0.1) is 0 Å². The van der Waals surface area contributed by atoms with Crippen LogP contribution < -0.4 is 5.32 Å². The topological polar surface area (TPSA) is 78.9 Å². The Morgan fingerprint density at radius 3 is 2.61 bits per heavy atom. The molecule has 3 atom stereocenters. The molecule has 0 radical (unpaired) electrons. The molecule has 2 aliphatic rings. The van der Waals surface area contributed by atoms with Gasteiger partial charge in [0.25, 0.3) is 5.91 Å². The van der Waals surface area contributed by atoms with Crippen molar-refractivity contribution in [3.05, 3.63) is 64.7 Å². The van der Waals surface area contributed by atoms with E-state index in [4.69, 9.17) is 16.3 Å². The highest BCUT2D eigenvalue weighted by Gasteiger charge is 2.73. The molecule has 1 amide bonds. The number of likely N-dealkylation sites (tertiary alicyclic amines) is 1. The number of aliphatic hydroxyl groups is 1. The lowest BCUT2D eigenvalue weighted by Crippen LogP contribution is -2.60. The molecule has 4 rings (SSSR count). The SMILES string of the molecule is COC(=O)C1(C(O)c2ccc(Cl)cc2)CCN(C)C12C(=O)Nc1ccccc12. The molecule has 2 aliphatic heterocycles. The molecule has 2 heterocycles. The third kappa shape index (κ3) is 2.22. The minimum atomic E-state index is -1.51. The number of nitrogens with zero attached hydrogens (tertiary/aromatic N) is 1. The Hall–Kier alpha value is -2.41. The first kappa shape index (κ1) is 18.9. The lowest BCUT2D eigenvalue weighted by atomic mass is 9.62. The van der Waals surface area contributed by atoms with Crippen LogP contribution >= 0.6 is 11.6 Å². The van der Waals surface area contributed by atoms with E-state index in [-0.39, 0.29) is 12.3 Å². The first-order valence-electron chi connectivity index (χ1n) is 9.03. The number of aliphatic hydroxyl groups excluding tert-OH is 1. The number of likely N-dealkylation sites (N-methyl/N-ethyl adjacent to an activating group) is 1. The molecule has 28 heavy (non-hydrogen) atoms. The summed E-state index contributed by atoms with van der Waals surface area (Å²) >= 11 is 5.99. The zero-order valence-electron chi connectivity index (χ0n) is 15.6. The monoisotopic (exact) mass is 400 g/mol. The Kier molecular flexibility index (Phi) is 4.45. The van der Waals surface area contributed by atoms with E-state index in [2.05, 4.69) is 5.32 Å². The van der Waals surface area contributed by atoms with E-state index in [1.807, 2.05) is 23.1 Å². The summed E-state index contributed by atoms with van der Waals surface area (Å²) in [4.78, 5) is 28.5. The van der Waals surface area contributed by atoms with E-state index in [0.29, 0.717) is 28.4 Å². The van der Waals surface area contributed by atoms with Crippen molar-refractivity contribution in [2.75, 3.05) is 26.0 Å². The molecule has 6 nitrogen and oxygen atoms in total. The minimum absolute atomic E-state index is 0.266. The van der Waals surface area contributed by atoms with E-state index in [0.717, 1.165) is 0 Å². The number of fused-ring (bicyclic) bond motifs is 2. The molecule has 2 N–H and O–H groups in total. The van der Waals surface area contributed by atoms with Gasteiger partial charge in [-0.25, -0.2) is 0 Å². The fourth-order valence-corrected chi connectivity index (χ4v) is 5.03. The fourth-order valence-electron chi connectivity index (χ4n) is 4.91. The maximum absolute atomic E-state index is 13.4. The highest BCUT2D eigenvalue weighted by atomic mass is 35.5.